The molecule has 2 unspecified atom stereocenters. The maximum Gasteiger partial charge on any atom is 0.131 e. The van der Waals surface area contributed by atoms with Crippen molar-refractivity contribution in [3.63, 3.8) is 0 Å². The van der Waals surface area contributed by atoms with E-state index in [1.165, 1.54) is 23.6 Å². The van der Waals surface area contributed by atoms with Crippen molar-refractivity contribution >= 4 is 11.3 Å². The second-order valence-electron chi connectivity index (χ2n) is 5.33. The van der Waals surface area contributed by atoms with E-state index in [0.717, 1.165) is 19.3 Å². The number of hydrogen-bond donors (Lipinski definition) is 2. The molecule has 21 heavy (non-hydrogen) atoms. The molecule has 1 aliphatic carbocycles. The van der Waals surface area contributed by atoms with Crippen LogP contribution in [0.25, 0.3) is 0 Å². The van der Waals surface area contributed by atoms with E-state index in [0.29, 0.717) is 11.3 Å². The molecular weight excluding hydrogens is 287 g/mol. The van der Waals surface area contributed by atoms with Crippen molar-refractivity contribution in [1.29, 1.82) is 0 Å². The number of hydrazine groups is 1. The summed E-state index contributed by atoms with van der Waals surface area (Å²) < 4.78 is 19.4. The predicted octanol–water partition coefficient (Wildman–Crippen LogP) is 3.52. The average molecular weight is 306 g/mol. The largest absolute Gasteiger partial charge is 0.497 e. The van der Waals surface area contributed by atoms with Crippen LogP contribution in [0.4, 0.5) is 4.39 Å². The lowest BCUT2D eigenvalue weighted by molar-refractivity contribution is 0.390. The third kappa shape index (κ3) is 2.69. The molecule has 0 radical (unpaired) electrons. The Hall–Kier alpha value is -1.43. The van der Waals surface area contributed by atoms with Gasteiger partial charge in [0.25, 0.3) is 0 Å². The van der Waals surface area contributed by atoms with Gasteiger partial charge in [0, 0.05) is 22.4 Å². The molecule has 2 atom stereocenters. The summed E-state index contributed by atoms with van der Waals surface area (Å²) in [6.07, 6.45) is 3.25. The fourth-order valence-electron chi connectivity index (χ4n) is 3.18. The monoisotopic (exact) mass is 306 g/mol. The first-order valence-electron chi connectivity index (χ1n) is 7.10. The van der Waals surface area contributed by atoms with Crippen molar-refractivity contribution in [3.05, 3.63) is 51.5 Å². The van der Waals surface area contributed by atoms with E-state index in [9.17, 15) is 4.39 Å². The van der Waals surface area contributed by atoms with E-state index in [1.807, 2.05) is 0 Å². The number of halogens is 1. The van der Waals surface area contributed by atoms with Crippen molar-refractivity contribution in [1.82, 2.24) is 5.43 Å². The van der Waals surface area contributed by atoms with Gasteiger partial charge in [-0.1, -0.05) is 6.07 Å². The number of benzene rings is 1. The summed E-state index contributed by atoms with van der Waals surface area (Å²) in [6.45, 7) is 0. The average Bonchev–Trinajstić information content (AvgIpc) is 2.98. The zero-order valence-corrected chi connectivity index (χ0v) is 12.8. The molecule has 1 aromatic heterocycles. The summed E-state index contributed by atoms with van der Waals surface area (Å²) in [7, 11) is 1.53. The summed E-state index contributed by atoms with van der Waals surface area (Å²) in [4.78, 5) is 1.40. The summed E-state index contributed by atoms with van der Waals surface area (Å²) in [5, 5.41) is 2.11. The van der Waals surface area contributed by atoms with Gasteiger partial charge < -0.3 is 4.74 Å². The van der Waals surface area contributed by atoms with Crippen molar-refractivity contribution < 1.29 is 9.13 Å². The van der Waals surface area contributed by atoms with Gasteiger partial charge in [0.05, 0.1) is 13.2 Å². The minimum atomic E-state index is -0.278. The highest BCUT2D eigenvalue weighted by Gasteiger charge is 2.30. The van der Waals surface area contributed by atoms with Crippen LogP contribution in [0.15, 0.2) is 29.6 Å². The molecule has 3 rings (SSSR count). The zero-order chi connectivity index (χ0) is 14.8. The third-order valence-electron chi connectivity index (χ3n) is 4.22. The van der Waals surface area contributed by atoms with Gasteiger partial charge in [0.15, 0.2) is 0 Å². The van der Waals surface area contributed by atoms with E-state index >= 15 is 0 Å². The number of hydrogen-bond acceptors (Lipinski definition) is 4. The highest BCUT2D eigenvalue weighted by atomic mass is 32.1. The van der Waals surface area contributed by atoms with E-state index in [4.69, 9.17) is 10.6 Å². The number of ether oxygens (including phenoxy) is 1. The minimum Gasteiger partial charge on any atom is -0.497 e. The first kappa shape index (κ1) is 14.5. The SMILES string of the molecule is COc1ccc(C(NN)C2CCCc3sccc32)c(F)c1. The van der Waals surface area contributed by atoms with Crippen LogP contribution in [0, 0.1) is 5.82 Å². The van der Waals surface area contributed by atoms with Crippen LogP contribution in [0.5, 0.6) is 5.75 Å². The molecule has 1 heterocycles. The highest BCUT2D eigenvalue weighted by molar-refractivity contribution is 7.10. The number of thiophene rings is 1. The first-order chi connectivity index (χ1) is 10.2. The third-order valence-corrected chi connectivity index (χ3v) is 5.22. The van der Waals surface area contributed by atoms with Gasteiger partial charge >= 0.3 is 0 Å². The Kier molecular flexibility index (Phi) is 4.24. The quantitative estimate of drug-likeness (QED) is 0.671. The molecule has 5 heteroatoms. The number of nitrogens with two attached hydrogens (primary N) is 1. The van der Waals surface area contributed by atoms with Crippen LogP contribution in [0.2, 0.25) is 0 Å². The Morgan fingerprint density at radius 3 is 3.00 bits per heavy atom. The molecule has 0 fully saturated rings. The Labute approximate surface area is 127 Å². The van der Waals surface area contributed by atoms with E-state index in [2.05, 4.69) is 16.9 Å². The number of nitrogens with one attached hydrogen (secondary N) is 1. The van der Waals surface area contributed by atoms with Gasteiger partial charge in [0.2, 0.25) is 0 Å². The second kappa shape index (κ2) is 6.13. The van der Waals surface area contributed by atoms with Crippen LogP contribution in [0.3, 0.4) is 0 Å². The molecular formula is C16H19FN2OS. The minimum absolute atomic E-state index is 0.216. The normalized spacial score (nSPS) is 19.1. The summed E-state index contributed by atoms with van der Waals surface area (Å²) in [5.74, 6) is 6.21. The number of methoxy groups -OCH3 is 1. The number of rotatable bonds is 4. The van der Waals surface area contributed by atoms with Crippen LogP contribution >= 0.6 is 11.3 Å². The number of fused-ring (bicyclic) bond motifs is 1. The van der Waals surface area contributed by atoms with Crippen molar-refractivity contribution in [3.8, 4) is 5.75 Å². The molecule has 3 nitrogen and oxygen atoms in total. The Bertz CT molecular complexity index is 628. The molecule has 1 aliphatic rings. The lowest BCUT2D eigenvalue weighted by Crippen LogP contribution is -2.34. The van der Waals surface area contributed by atoms with E-state index in [-0.39, 0.29) is 17.8 Å². The molecule has 1 aromatic carbocycles. The molecule has 2 aromatic rings. The van der Waals surface area contributed by atoms with Crippen molar-refractivity contribution in [2.75, 3.05) is 7.11 Å². The molecule has 0 spiro atoms. The smallest absolute Gasteiger partial charge is 0.131 e. The maximum atomic E-state index is 14.4. The fraction of sp³-hybridized carbons (Fsp3) is 0.375. The van der Waals surface area contributed by atoms with Crippen LogP contribution in [-0.2, 0) is 6.42 Å². The molecule has 0 amide bonds. The van der Waals surface area contributed by atoms with Gasteiger partial charge in [0.1, 0.15) is 11.6 Å². The Morgan fingerprint density at radius 2 is 2.29 bits per heavy atom. The van der Waals surface area contributed by atoms with Crippen molar-refractivity contribution in [2.45, 2.75) is 31.2 Å². The van der Waals surface area contributed by atoms with Gasteiger partial charge in [-0.3, -0.25) is 11.3 Å². The lowest BCUT2D eigenvalue weighted by Gasteiger charge is -2.30. The van der Waals surface area contributed by atoms with E-state index < -0.39 is 0 Å². The highest BCUT2D eigenvalue weighted by Crippen LogP contribution is 2.42. The van der Waals surface area contributed by atoms with Crippen molar-refractivity contribution in [2.24, 2.45) is 5.84 Å². The molecule has 3 N–H and O–H groups in total. The first-order valence-corrected chi connectivity index (χ1v) is 7.98. The Balaban J connectivity index is 1.97. The predicted molar refractivity (Wildman–Crippen MR) is 83.0 cm³/mol. The van der Waals surface area contributed by atoms with E-state index in [1.54, 1.807) is 23.5 Å². The standard InChI is InChI=1S/C16H19FN2OS/c1-20-10-5-6-13(14(17)9-10)16(19-18)12-3-2-4-15-11(12)7-8-21-15/h5-9,12,16,19H,2-4,18H2,1H3. The second-order valence-corrected chi connectivity index (χ2v) is 6.33. The van der Waals surface area contributed by atoms with Crippen LogP contribution in [-0.4, -0.2) is 7.11 Å². The zero-order valence-electron chi connectivity index (χ0n) is 11.9. The number of aryl methyl sites for hydroxylation is 1. The summed E-state index contributed by atoms with van der Waals surface area (Å²) in [5.41, 5.74) is 4.73. The molecule has 0 saturated carbocycles. The molecule has 0 aliphatic heterocycles. The van der Waals surface area contributed by atoms with Gasteiger partial charge in [-0.05, 0) is 42.3 Å². The molecule has 0 saturated heterocycles. The molecule has 112 valence electrons. The van der Waals surface area contributed by atoms with Gasteiger partial charge in [-0.2, -0.15) is 0 Å². The van der Waals surface area contributed by atoms with Gasteiger partial charge in [-0.15, -0.1) is 11.3 Å². The molecule has 0 bridgehead atoms. The maximum absolute atomic E-state index is 14.4. The summed E-state index contributed by atoms with van der Waals surface area (Å²) in [6, 6.07) is 6.89. The van der Waals surface area contributed by atoms with Gasteiger partial charge in [-0.25, -0.2) is 4.39 Å². The lowest BCUT2D eigenvalue weighted by atomic mass is 9.80. The fourth-order valence-corrected chi connectivity index (χ4v) is 4.17. The summed E-state index contributed by atoms with van der Waals surface area (Å²) >= 11 is 1.78. The van der Waals surface area contributed by atoms with Crippen LogP contribution < -0.4 is 16.0 Å². The topological polar surface area (TPSA) is 47.3 Å². The Morgan fingerprint density at radius 1 is 1.43 bits per heavy atom. The van der Waals surface area contributed by atoms with Crippen LogP contribution in [0.1, 0.15) is 40.8 Å².